The molecule has 0 unspecified atom stereocenters. The topological polar surface area (TPSA) is 84.4 Å². The second-order valence-electron chi connectivity index (χ2n) is 7.87. The number of fused-ring (bicyclic) bond motifs is 2. The highest BCUT2D eigenvalue weighted by atomic mass is 79.9. The Hall–Kier alpha value is -3.76. The van der Waals surface area contributed by atoms with Gasteiger partial charge in [-0.15, -0.1) is 0 Å². The maximum Gasteiger partial charge on any atom is 0.234 e. The predicted octanol–water partition coefficient (Wildman–Crippen LogP) is 6.21. The Kier molecular flexibility index (Phi) is 7.53. The van der Waals surface area contributed by atoms with E-state index in [4.69, 9.17) is 0 Å². The Morgan fingerprint density at radius 2 is 0.944 bits per heavy atom. The maximum absolute atomic E-state index is 4.27. The third kappa shape index (κ3) is 5.89. The van der Waals surface area contributed by atoms with Crippen LogP contribution in [0.2, 0.25) is 0 Å². The third-order valence-corrected chi connectivity index (χ3v) is 6.49. The van der Waals surface area contributed by atoms with Crippen LogP contribution in [-0.2, 0) is 13.1 Å². The van der Waals surface area contributed by atoms with Crippen LogP contribution in [0.4, 0.5) is 11.4 Å². The highest BCUT2D eigenvalue weighted by molar-refractivity contribution is 9.10. The van der Waals surface area contributed by atoms with Gasteiger partial charge in [-0.3, -0.25) is 8.80 Å². The highest BCUT2D eigenvalue weighted by Crippen LogP contribution is 2.16. The number of hydrogen-bond acceptors (Lipinski definition) is 6. The van der Waals surface area contributed by atoms with Gasteiger partial charge in [0.05, 0.1) is 36.2 Å². The van der Waals surface area contributed by atoms with E-state index in [1.165, 1.54) is 11.1 Å². The van der Waals surface area contributed by atoms with Crippen molar-refractivity contribution in [2.45, 2.75) is 13.1 Å². The van der Waals surface area contributed by atoms with E-state index in [9.17, 15) is 0 Å². The molecule has 0 atom stereocenters. The van der Waals surface area contributed by atoms with Crippen molar-refractivity contribution in [2.75, 3.05) is 10.6 Å². The van der Waals surface area contributed by atoms with Crippen molar-refractivity contribution in [2.24, 2.45) is 0 Å². The standard InChI is InChI=1S/2C13H11BrN4/c2*14-12-8-17-13-16-7-11(9-18(12)13)15-6-10-4-2-1-3-5-10/h2*1-5,7-9,15H,6H2. The molecule has 0 spiro atoms. The van der Waals surface area contributed by atoms with E-state index in [1.807, 2.05) is 57.6 Å². The fourth-order valence-electron chi connectivity index (χ4n) is 3.47. The molecule has 0 amide bonds. The van der Waals surface area contributed by atoms with E-state index in [-0.39, 0.29) is 0 Å². The molecule has 0 radical (unpaired) electrons. The number of hydrogen-bond donors (Lipinski definition) is 2. The van der Waals surface area contributed by atoms with Gasteiger partial charge in [0.1, 0.15) is 9.21 Å². The molecule has 4 heterocycles. The minimum atomic E-state index is 0.687. The SMILES string of the molecule is Brc1cnc2ncc(NCc3ccccc3)cn12.Brc1cnc2ncc(NCc3ccccc3)cn12. The van der Waals surface area contributed by atoms with Gasteiger partial charge in [-0.2, -0.15) is 0 Å². The Labute approximate surface area is 224 Å². The third-order valence-electron chi connectivity index (χ3n) is 5.32. The maximum atomic E-state index is 4.27. The number of nitrogens with one attached hydrogen (secondary N) is 2. The number of aromatic nitrogens is 6. The zero-order chi connectivity index (χ0) is 24.7. The molecule has 0 saturated heterocycles. The summed E-state index contributed by atoms with van der Waals surface area (Å²) in [5.41, 5.74) is 4.40. The van der Waals surface area contributed by atoms with Gasteiger partial charge in [-0.1, -0.05) is 60.7 Å². The lowest BCUT2D eigenvalue weighted by molar-refractivity contribution is 1.06. The molecular weight excluding hydrogens is 584 g/mol. The van der Waals surface area contributed by atoms with Crippen LogP contribution < -0.4 is 10.6 Å². The number of imidazole rings is 2. The van der Waals surface area contributed by atoms with E-state index >= 15 is 0 Å². The zero-order valence-electron chi connectivity index (χ0n) is 19.1. The fourth-order valence-corrected chi connectivity index (χ4v) is 4.20. The first-order chi connectivity index (χ1) is 17.7. The molecular formula is C26H22Br2N8. The molecule has 0 bridgehead atoms. The van der Waals surface area contributed by atoms with Gasteiger partial charge < -0.3 is 10.6 Å². The summed E-state index contributed by atoms with van der Waals surface area (Å²) in [6, 6.07) is 20.5. The van der Waals surface area contributed by atoms with Crippen LogP contribution in [0.3, 0.4) is 0 Å². The minimum absolute atomic E-state index is 0.687. The molecule has 0 aliphatic heterocycles. The minimum Gasteiger partial charge on any atom is -0.379 e. The van der Waals surface area contributed by atoms with Crippen LogP contribution in [0.5, 0.6) is 0 Å². The summed E-state index contributed by atoms with van der Waals surface area (Å²) in [7, 11) is 0. The Morgan fingerprint density at radius 1 is 0.556 bits per heavy atom. The van der Waals surface area contributed by atoms with Crippen LogP contribution in [0.25, 0.3) is 11.6 Å². The van der Waals surface area contributed by atoms with Gasteiger partial charge in [0, 0.05) is 25.5 Å². The van der Waals surface area contributed by atoms with Crippen molar-refractivity contribution < 1.29 is 0 Å². The first-order valence-corrected chi connectivity index (χ1v) is 12.8. The van der Waals surface area contributed by atoms with Crippen LogP contribution >= 0.6 is 31.9 Å². The van der Waals surface area contributed by atoms with E-state index < -0.39 is 0 Å². The second-order valence-corrected chi connectivity index (χ2v) is 9.49. The number of anilines is 2. The van der Waals surface area contributed by atoms with Gasteiger partial charge >= 0.3 is 0 Å². The average Bonchev–Trinajstić information content (AvgIpc) is 3.49. The molecule has 2 N–H and O–H groups in total. The van der Waals surface area contributed by atoms with Gasteiger partial charge in [-0.05, 0) is 43.0 Å². The summed E-state index contributed by atoms with van der Waals surface area (Å²) in [5, 5.41) is 6.68. The largest absolute Gasteiger partial charge is 0.379 e. The average molecular weight is 606 g/mol. The molecule has 6 aromatic rings. The molecule has 180 valence electrons. The number of halogens is 2. The van der Waals surface area contributed by atoms with Crippen molar-refractivity contribution >= 4 is 54.8 Å². The monoisotopic (exact) mass is 604 g/mol. The zero-order valence-corrected chi connectivity index (χ0v) is 22.3. The van der Waals surface area contributed by atoms with Gasteiger partial charge in [0.15, 0.2) is 0 Å². The summed E-state index contributed by atoms with van der Waals surface area (Å²) in [6.45, 7) is 1.56. The quantitative estimate of drug-likeness (QED) is 0.235. The molecule has 36 heavy (non-hydrogen) atoms. The summed E-state index contributed by atoms with van der Waals surface area (Å²) in [5.74, 6) is 1.37. The molecule has 0 aliphatic rings. The van der Waals surface area contributed by atoms with Crippen molar-refractivity contribution in [1.82, 2.24) is 28.7 Å². The van der Waals surface area contributed by atoms with Crippen molar-refractivity contribution in [3.05, 3.63) is 118 Å². The predicted molar refractivity (Wildman–Crippen MR) is 149 cm³/mol. The first-order valence-electron chi connectivity index (χ1n) is 11.2. The summed E-state index contributed by atoms with van der Waals surface area (Å²) in [4.78, 5) is 16.9. The van der Waals surface area contributed by atoms with E-state index in [0.29, 0.717) is 11.6 Å². The lowest BCUT2D eigenvalue weighted by atomic mass is 10.2. The molecule has 0 fully saturated rings. The molecule has 2 aromatic carbocycles. The molecule has 4 aromatic heterocycles. The number of benzene rings is 2. The van der Waals surface area contributed by atoms with E-state index in [0.717, 1.165) is 33.7 Å². The van der Waals surface area contributed by atoms with Crippen LogP contribution in [-0.4, -0.2) is 28.7 Å². The molecule has 0 aliphatic carbocycles. The van der Waals surface area contributed by atoms with E-state index in [2.05, 4.69) is 86.7 Å². The highest BCUT2D eigenvalue weighted by Gasteiger charge is 2.03. The van der Waals surface area contributed by atoms with Gasteiger partial charge in [0.25, 0.3) is 0 Å². The summed E-state index contributed by atoms with van der Waals surface area (Å²) in [6.07, 6.45) is 11.0. The Bertz CT molecular complexity index is 1450. The molecule has 0 saturated carbocycles. The van der Waals surface area contributed by atoms with Crippen molar-refractivity contribution in [3.63, 3.8) is 0 Å². The van der Waals surface area contributed by atoms with Crippen LogP contribution in [0.1, 0.15) is 11.1 Å². The van der Waals surface area contributed by atoms with Crippen molar-refractivity contribution in [1.29, 1.82) is 0 Å². The number of nitrogens with zero attached hydrogens (tertiary/aromatic N) is 6. The fraction of sp³-hybridized carbons (Fsp3) is 0.0769. The van der Waals surface area contributed by atoms with Crippen molar-refractivity contribution in [3.8, 4) is 0 Å². The normalized spacial score (nSPS) is 10.7. The van der Waals surface area contributed by atoms with Crippen LogP contribution in [0.15, 0.2) is 107 Å². The summed E-state index contributed by atoms with van der Waals surface area (Å²) >= 11 is 6.86. The second kappa shape index (κ2) is 11.3. The lowest BCUT2D eigenvalue weighted by Gasteiger charge is -2.06. The number of rotatable bonds is 6. The summed E-state index contributed by atoms with van der Waals surface area (Å²) < 4.78 is 5.59. The Morgan fingerprint density at radius 3 is 1.36 bits per heavy atom. The first kappa shape index (κ1) is 24.0. The lowest BCUT2D eigenvalue weighted by Crippen LogP contribution is -2.01. The van der Waals surface area contributed by atoms with Gasteiger partial charge in [-0.25, -0.2) is 19.9 Å². The van der Waals surface area contributed by atoms with E-state index in [1.54, 1.807) is 24.8 Å². The molecule has 6 rings (SSSR count). The smallest absolute Gasteiger partial charge is 0.234 e. The Balaban J connectivity index is 0.000000148. The molecule has 10 heteroatoms. The molecule has 8 nitrogen and oxygen atoms in total. The van der Waals surface area contributed by atoms with Gasteiger partial charge in [0.2, 0.25) is 11.6 Å². The van der Waals surface area contributed by atoms with Crippen LogP contribution in [0, 0.1) is 0 Å².